The zero-order valence-corrected chi connectivity index (χ0v) is 24.4. The molecule has 2 atom stereocenters. The molecule has 8 nitrogen and oxygen atoms in total. The van der Waals surface area contributed by atoms with Crippen LogP contribution in [0.1, 0.15) is 78.1 Å². The van der Waals surface area contributed by atoms with E-state index in [1.807, 2.05) is 43.4 Å². The zero-order chi connectivity index (χ0) is 28.3. The topological polar surface area (TPSA) is 97.9 Å². The fraction of sp³-hybridized carbons (Fsp3) is 0.548. The number of rotatable bonds is 12. The minimum absolute atomic E-state index is 0.0466. The number of carbonyl (C=O) groups is 2. The number of nitrogens with one attached hydrogen (secondary N) is 3. The molecule has 1 heterocycles. The Morgan fingerprint density at radius 3 is 2.70 bits per heavy atom. The summed E-state index contributed by atoms with van der Waals surface area (Å²) in [6, 6.07) is 11.4. The maximum Gasteiger partial charge on any atom is 0.406 e. The van der Waals surface area contributed by atoms with Crippen LogP contribution in [0.4, 0.5) is 4.79 Å². The molecule has 40 heavy (non-hydrogen) atoms. The number of benzene rings is 2. The average molecular weight is 572 g/mol. The Kier molecular flexibility index (Phi) is 11.5. The summed E-state index contributed by atoms with van der Waals surface area (Å²) in [6.45, 7) is 1.84. The van der Waals surface area contributed by atoms with Crippen molar-refractivity contribution < 1.29 is 23.8 Å². The van der Waals surface area contributed by atoms with Crippen LogP contribution < -0.4 is 20.7 Å². The lowest BCUT2D eigenvalue weighted by atomic mass is 9.84. The molecule has 4 rings (SSSR count). The van der Waals surface area contributed by atoms with Gasteiger partial charge in [-0.15, -0.1) is 0 Å². The number of carbonyl (C=O) groups excluding carboxylic acids is 2. The Balaban J connectivity index is 1.61. The normalized spacial score (nSPS) is 16.8. The highest BCUT2D eigenvalue weighted by Crippen LogP contribution is 2.38. The van der Waals surface area contributed by atoms with Crippen LogP contribution in [0, 0.1) is 5.92 Å². The third-order valence-corrected chi connectivity index (χ3v) is 7.97. The van der Waals surface area contributed by atoms with Crippen LogP contribution >= 0.6 is 11.6 Å². The molecule has 2 aliphatic rings. The standard InChI is InChI=1S/C31H42ClN3O5/c1-33-20-25(16-21-8-4-3-5-9-21)35-30(36)23-18-27(26-12-7-14-39-28(26)19-23)29(22-10-6-11-24(32)17-22)40-15-13-34-31(37)38-2/h6,10-11,17-19,21,25,29,33H,3-5,7-9,12-16,20H2,1-2H3,(H,34,37)(H,35,36)/t25-,29?/m0/s1. The smallest absolute Gasteiger partial charge is 0.406 e. The highest BCUT2D eigenvalue weighted by atomic mass is 35.5. The predicted octanol–water partition coefficient (Wildman–Crippen LogP) is 5.42. The molecule has 0 bridgehead atoms. The highest BCUT2D eigenvalue weighted by Gasteiger charge is 2.27. The Morgan fingerprint density at radius 2 is 1.95 bits per heavy atom. The van der Waals surface area contributed by atoms with E-state index in [0.29, 0.717) is 23.1 Å². The lowest BCUT2D eigenvalue weighted by molar-refractivity contribution is 0.0792. The molecule has 1 unspecified atom stereocenters. The molecule has 1 saturated carbocycles. The predicted molar refractivity (Wildman–Crippen MR) is 156 cm³/mol. The molecule has 9 heteroatoms. The van der Waals surface area contributed by atoms with Gasteiger partial charge in [-0.1, -0.05) is 55.8 Å². The van der Waals surface area contributed by atoms with Crippen LogP contribution in [0.25, 0.3) is 0 Å². The van der Waals surface area contributed by atoms with Gasteiger partial charge in [-0.3, -0.25) is 4.79 Å². The lowest BCUT2D eigenvalue weighted by Gasteiger charge is -2.29. The lowest BCUT2D eigenvalue weighted by Crippen LogP contribution is -2.42. The number of methoxy groups -OCH3 is 1. The largest absolute Gasteiger partial charge is 0.493 e. The molecule has 0 saturated heterocycles. The van der Waals surface area contributed by atoms with Crippen molar-refractivity contribution in [3.63, 3.8) is 0 Å². The first-order valence-corrected chi connectivity index (χ1v) is 14.8. The summed E-state index contributed by atoms with van der Waals surface area (Å²) in [5, 5.41) is 9.79. The molecule has 2 amide bonds. The Bertz CT molecular complexity index is 1140. The first-order chi connectivity index (χ1) is 19.5. The van der Waals surface area contributed by atoms with E-state index in [2.05, 4.69) is 20.7 Å². The number of halogens is 1. The maximum absolute atomic E-state index is 13.7. The van der Waals surface area contributed by atoms with Crippen LogP contribution in [-0.4, -0.2) is 58.5 Å². The van der Waals surface area contributed by atoms with E-state index < -0.39 is 12.2 Å². The maximum atomic E-state index is 13.7. The molecular formula is C31H42ClN3O5. The Labute approximate surface area is 242 Å². The van der Waals surface area contributed by atoms with Crippen LogP contribution in [0.3, 0.4) is 0 Å². The van der Waals surface area contributed by atoms with Gasteiger partial charge < -0.3 is 30.2 Å². The quantitative estimate of drug-likeness (QED) is 0.295. The Hall–Kier alpha value is -2.81. The van der Waals surface area contributed by atoms with Crippen molar-refractivity contribution in [2.24, 2.45) is 5.92 Å². The van der Waals surface area contributed by atoms with E-state index in [1.165, 1.54) is 39.2 Å². The van der Waals surface area contributed by atoms with Crippen molar-refractivity contribution in [3.05, 3.63) is 63.7 Å². The first kappa shape index (κ1) is 30.2. The van der Waals surface area contributed by atoms with E-state index in [4.69, 9.17) is 21.1 Å². The van der Waals surface area contributed by atoms with Gasteiger partial charge in [0.2, 0.25) is 0 Å². The Morgan fingerprint density at radius 1 is 1.12 bits per heavy atom. The molecule has 1 fully saturated rings. The minimum Gasteiger partial charge on any atom is -0.493 e. The number of fused-ring (bicyclic) bond motifs is 1. The van der Waals surface area contributed by atoms with Gasteiger partial charge in [0.05, 0.1) is 20.3 Å². The summed E-state index contributed by atoms with van der Waals surface area (Å²) in [6.07, 6.45) is 7.97. The second-order valence-electron chi connectivity index (χ2n) is 10.7. The fourth-order valence-corrected chi connectivity index (χ4v) is 6.03. The van der Waals surface area contributed by atoms with Crippen molar-refractivity contribution in [2.75, 3.05) is 40.5 Å². The van der Waals surface area contributed by atoms with Gasteiger partial charge in [0.1, 0.15) is 11.9 Å². The average Bonchev–Trinajstić information content (AvgIpc) is 2.97. The van der Waals surface area contributed by atoms with Gasteiger partial charge in [-0.2, -0.15) is 0 Å². The van der Waals surface area contributed by atoms with Crippen LogP contribution in [0.2, 0.25) is 5.02 Å². The van der Waals surface area contributed by atoms with Crippen LogP contribution in [0.15, 0.2) is 36.4 Å². The van der Waals surface area contributed by atoms with Crippen LogP contribution in [-0.2, 0) is 15.9 Å². The third-order valence-electron chi connectivity index (χ3n) is 7.74. The molecule has 1 aliphatic carbocycles. The molecule has 0 radical (unpaired) electrons. The van der Waals surface area contributed by atoms with Gasteiger partial charge in [0.15, 0.2) is 0 Å². The number of hydrogen-bond acceptors (Lipinski definition) is 6. The number of amides is 2. The highest BCUT2D eigenvalue weighted by molar-refractivity contribution is 6.30. The summed E-state index contributed by atoms with van der Waals surface area (Å²) in [5.41, 5.74) is 3.31. The number of ether oxygens (including phenoxy) is 3. The first-order valence-electron chi connectivity index (χ1n) is 14.4. The van der Waals surface area contributed by atoms with Crippen molar-refractivity contribution in [2.45, 2.75) is 63.5 Å². The second-order valence-corrected chi connectivity index (χ2v) is 11.1. The third kappa shape index (κ3) is 8.35. The summed E-state index contributed by atoms with van der Waals surface area (Å²) < 4.78 is 17.1. The van der Waals surface area contributed by atoms with E-state index in [1.54, 1.807) is 0 Å². The molecule has 218 valence electrons. The van der Waals surface area contributed by atoms with Crippen molar-refractivity contribution in [3.8, 4) is 5.75 Å². The summed E-state index contributed by atoms with van der Waals surface area (Å²) in [7, 11) is 3.25. The van der Waals surface area contributed by atoms with Crippen LogP contribution in [0.5, 0.6) is 5.75 Å². The molecule has 2 aromatic carbocycles. The minimum atomic E-state index is -0.517. The molecule has 0 aromatic heterocycles. The SMILES string of the molecule is CNC[C@H](CC1CCCCC1)NC(=O)c1cc2c(c(C(OCCNC(=O)OC)c3cccc(Cl)c3)c1)CCCO2. The summed E-state index contributed by atoms with van der Waals surface area (Å²) in [4.78, 5) is 25.2. The number of hydrogen-bond donors (Lipinski definition) is 3. The molecule has 2 aromatic rings. The number of likely N-dealkylation sites (N-methyl/N-ethyl adjacent to an activating group) is 1. The summed E-state index contributed by atoms with van der Waals surface area (Å²) in [5.74, 6) is 1.25. The monoisotopic (exact) mass is 571 g/mol. The van der Waals surface area contributed by atoms with Crippen molar-refractivity contribution >= 4 is 23.6 Å². The van der Waals surface area contributed by atoms with E-state index in [0.717, 1.165) is 48.2 Å². The molecule has 3 N–H and O–H groups in total. The fourth-order valence-electron chi connectivity index (χ4n) is 5.83. The van der Waals surface area contributed by atoms with E-state index >= 15 is 0 Å². The molecule has 0 spiro atoms. The van der Waals surface area contributed by atoms with Gasteiger partial charge in [0.25, 0.3) is 5.91 Å². The molecular weight excluding hydrogens is 530 g/mol. The van der Waals surface area contributed by atoms with E-state index in [-0.39, 0.29) is 25.1 Å². The van der Waals surface area contributed by atoms with Gasteiger partial charge in [-0.25, -0.2) is 4.79 Å². The van der Waals surface area contributed by atoms with Gasteiger partial charge >= 0.3 is 6.09 Å². The zero-order valence-electron chi connectivity index (χ0n) is 23.6. The second kappa shape index (κ2) is 15.3. The van der Waals surface area contributed by atoms with Crippen molar-refractivity contribution in [1.29, 1.82) is 0 Å². The summed E-state index contributed by atoms with van der Waals surface area (Å²) >= 11 is 6.37. The van der Waals surface area contributed by atoms with Crippen molar-refractivity contribution in [1.82, 2.24) is 16.0 Å². The van der Waals surface area contributed by atoms with E-state index in [9.17, 15) is 9.59 Å². The van der Waals surface area contributed by atoms with Gasteiger partial charge in [-0.05, 0) is 67.6 Å². The van der Waals surface area contributed by atoms with Gasteiger partial charge in [0, 0.05) is 35.3 Å². The number of alkyl carbamates (subject to hydrolysis) is 1. The molecule has 1 aliphatic heterocycles.